The SMILES string of the molecule is c1cn(CC2CC2)c(NC2CCCCC2)n1. The molecule has 2 aliphatic rings. The second-order valence-corrected chi connectivity index (χ2v) is 5.33. The molecule has 88 valence electrons. The quantitative estimate of drug-likeness (QED) is 0.843. The number of hydrogen-bond acceptors (Lipinski definition) is 2. The second kappa shape index (κ2) is 4.48. The van der Waals surface area contributed by atoms with Crippen molar-refractivity contribution in [2.24, 2.45) is 5.92 Å². The molecule has 2 fully saturated rings. The molecule has 0 aromatic carbocycles. The number of aromatic nitrogens is 2. The molecule has 3 rings (SSSR count). The van der Waals surface area contributed by atoms with Crippen molar-refractivity contribution in [2.75, 3.05) is 5.32 Å². The van der Waals surface area contributed by atoms with E-state index in [0.29, 0.717) is 6.04 Å². The molecule has 2 saturated carbocycles. The summed E-state index contributed by atoms with van der Waals surface area (Å²) in [6.45, 7) is 1.16. The predicted octanol–water partition coefficient (Wildman–Crippen LogP) is 3.04. The van der Waals surface area contributed by atoms with Crippen LogP contribution in [0.15, 0.2) is 12.4 Å². The molecule has 0 unspecified atom stereocenters. The van der Waals surface area contributed by atoms with Gasteiger partial charge in [0.05, 0.1) is 0 Å². The first kappa shape index (κ1) is 10.2. The number of hydrogen-bond donors (Lipinski definition) is 1. The summed E-state index contributed by atoms with van der Waals surface area (Å²) in [4.78, 5) is 4.44. The minimum absolute atomic E-state index is 0.661. The number of rotatable bonds is 4. The van der Waals surface area contributed by atoms with E-state index < -0.39 is 0 Å². The number of anilines is 1. The van der Waals surface area contributed by atoms with Crippen molar-refractivity contribution in [1.82, 2.24) is 9.55 Å². The molecule has 0 aliphatic heterocycles. The lowest BCUT2D eigenvalue weighted by Gasteiger charge is -2.23. The normalized spacial score (nSPS) is 22.2. The van der Waals surface area contributed by atoms with Gasteiger partial charge in [-0.3, -0.25) is 0 Å². The van der Waals surface area contributed by atoms with Crippen LogP contribution in [0.2, 0.25) is 0 Å². The highest BCUT2D eigenvalue weighted by atomic mass is 15.2. The molecular formula is C13H21N3. The van der Waals surface area contributed by atoms with E-state index in [1.54, 1.807) is 0 Å². The van der Waals surface area contributed by atoms with Crippen LogP contribution >= 0.6 is 0 Å². The van der Waals surface area contributed by atoms with E-state index in [1.807, 2.05) is 6.20 Å². The zero-order valence-corrected chi connectivity index (χ0v) is 9.86. The van der Waals surface area contributed by atoms with Crippen molar-refractivity contribution in [3.8, 4) is 0 Å². The average Bonchev–Trinajstić information content (AvgIpc) is 3.02. The van der Waals surface area contributed by atoms with Gasteiger partial charge in [0, 0.05) is 25.0 Å². The van der Waals surface area contributed by atoms with Gasteiger partial charge in [0.25, 0.3) is 0 Å². The van der Waals surface area contributed by atoms with Crippen LogP contribution in [0.4, 0.5) is 5.95 Å². The minimum atomic E-state index is 0.661. The van der Waals surface area contributed by atoms with E-state index in [4.69, 9.17) is 0 Å². The Morgan fingerprint density at radius 1 is 1.19 bits per heavy atom. The summed E-state index contributed by atoms with van der Waals surface area (Å²) in [7, 11) is 0. The molecule has 2 aliphatic carbocycles. The summed E-state index contributed by atoms with van der Waals surface area (Å²) < 4.78 is 2.30. The Hall–Kier alpha value is -0.990. The van der Waals surface area contributed by atoms with Gasteiger partial charge in [-0.15, -0.1) is 0 Å². The Labute approximate surface area is 97.3 Å². The van der Waals surface area contributed by atoms with Crippen LogP contribution in [0.1, 0.15) is 44.9 Å². The van der Waals surface area contributed by atoms with Crippen LogP contribution in [0.25, 0.3) is 0 Å². The number of nitrogens with zero attached hydrogens (tertiary/aromatic N) is 2. The van der Waals surface area contributed by atoms with Crippen LogP contribution in [-0.2, 0) is 6.54 Å². The molecule has 0 bridgehead atoms. The third-order valence-electron chi connectivity index (χ3n) is 3.81. The van der Waals surface area contributed by atoms with E-state index in [-0.39, 0.29) is 0 Å². The summed E-state index contributed by atoms with van der Waals surface area (Å²) >= 11 is 0. The molecule has 1 N–H and O–H groups in total. The molecule has 0 saturated heterocycles. The number of nitrogens with one attached hydrogen (secondary N) is 1. The zero-order valence-electron chi connectivity index (χ0n) is 9.86. The third-order valence-corrected chi connectivity index (χ3v) is 3.81. The molecule has 1 heterocycles. The first-order valence-corrected chi connectivity index (χ1v) is 6.69. The standard InChI is InChI=1S/C13H21N3/c1-2-4-12(5-3-1)15-13-14-8-9-16(13)10-11-6-7-11/h8-9,11-12H,1-7,10H2,(H,14,15). The summed E-state index contributed by atoms with van der Waals surface area (Å²) in [5.74, 6) is 2.01. The fourth-order valence-corrected chi connectivity index (χ4v) is 2.60. The predicted molar refractivity (Wildman–Crippen MR) is 65.4 cm³/mol. The molecular weight excluding hydrogens is 198 g/mol. The second-order valence-electron chi connectivity index (χ2n) is 5.33. The van der Waals surface area contributed by atoms with Gasteiger partial charge in [0.2, 0.25) is 5.95 Å². The third kappa shape index (κ3) is 2.39. The van der Waals surface area contributed by atoms with E-state index >= 15 is 0 Å². The minimum Gasteiger partial charge on any atom is -0.353 e. The fraction of sp³-hybridized carbons (Fsp3) is 0.769. The van der Waals surface area contributed by atoms with E-state index in [9.17, 15) is 0 Å². The highest BCUT2D eigenvalue weighted by Crippen LogP contribution is 2.31. The molecule has 0 amide bonds. The van der Waals surface area contributed by atoms with E-state index in [1.165, 1.54) is 44.9 Å². The lowest BCUT2D eigenvalue weighted by molar-refractivity contribution is 0.458. The smallest absolute Gasteiger partial charge is 0.202 e. The summed E-state index contributed by atoms with van der Waals surface area (Å²) in [5, 5.41) is 3.61. The summed E-state index contributed by atoms with van der Waals surface area (Å²) in [5.41, 5.74) is 0. The van der Waals surface area contributed by atoms with Crippen molar-refractivity contribution in [3.63, 3.8) is 0 Å². The fourth-order valence-electron chi connectivity index (χ4n) is 2.60. The molecule has 1 aromatic heterocycles. The molecule has 0 atom stereocenters. The summed E-state index contributed by atoms with van der Waals surface area (Å²) in [6, 6.07) is 0.661. The molecule has 3 nitrogen and oxygen atoms in total. The summed E-state index contributed by atoms with van der Waals surface area (Å²) in [6.07, 6.45) is 13.6. The van der Waals surface area contributed by atoms with Crippen LogP contribution in [0.3, 0.4) is 0 Å². The lowest BCUT2D eigenvalue weighted by atomic mass is 9.96. The number of imidazole rings is 1. The maximum atomic E-state index is 4.44. The van der Waals surface area contributed by atoms with Gasteiger partial charge in [-0.05, 0) is 31.6 Å². The first-order chi connectivity index (χ1) is 7.92. The van der Waals surface area contributed by atoms with Crippen LogP contribution < -0.4 is 5.32 Å². The van der Waals surface area contributed by atoms with Crippen molar-refractivity contribution in [1.29, 1.82) is 0 Å². The molecule has 0 spiro atoms. The first-order valence-electron chi connectivity index (χ1n) is 6.69. The molecule has 3 heteroatoms. The Morgan fingerprint density at radius 3 is 2.75 bits per heavy atom. The Balaban J connectivity index is 1.61. The van der Waals surface area contributed by atoms with Gasteiger partial charge in [-0.1, -0.05) is 19.3 Å². The maximum absolute atomic E-state index is 4.44. The molecule has 16 heavy (non-hydrogen) atoms. The maximum Gasteiger partial charge on any atom is 0.202 e. The van der Waals surface area contributed by atoms with Gasteiger partial charge in [0.1, 0.15) is 0 Å². The topological polar surface area (TPSA) is 29.9 Å². The van der Waals surface area contributed by atoms with Crippen molar-refractivity contribution < 1.29 is 0 Å². The highest BCUT2D eigenvalue weighted by molar-refractivity contribution is 5.27. The van der Waals surface area contributed by atoms with E-state index in [0.717, 1.165) is 18.4 Å². The average molecular weight is 219 g/mol. The molecule has 0 radical (unpaired) electrons. The van der Waals surface area contributed by atoms with E-state index in [2.05, 4.69) is 21.1 Å². The van der Waals surface area contributed by atoms with Gasteiger partial charge < -0.3 is 9.88 Å². The van der Waals surface area contributed by atoms with Gasteiger partial charge in [0.15, 0.2) is 0 Å². The van der Waals surface area contributed by atoms with Crippen molar-refractivity contribution in [3.05, 3.63) is 12.4 Å². The Bertz CT molecular complexity index is 335. The van der Waals surface area contributed by atoms with Crippen LogP contribution in [-0.4, -0.2) is 15.6 Å². The van der Waals surface area contributed by atoms with Gasteiger partial charge >= 0.3 is 0 Å². The van der Waals surface area contributed by atoms with Crippen molar-refractivity contribution in [2.45, 2.75) is 57.5 Å². The van der Waals surface area contributed by atoms with Crippen molar-refractivity contribution >= 4 is 5.95 Å². The molecule has 1 aromatic rings. The highest BCUT2D eigenvalue weighted by Gasteiger charge is 2.23. The Kier molecular flexibility index (Phi) is 2.85. The van der Waals surface area contributed by atoms with Gasteiger partial charge in [-0.25, -0.2) is 4.98 Å². The monoisotopic (exact) mass is 219 g/mol. The van der Waals surface area contributed by atoms with Crippen LogP contribution in [0, 0.1) is 5.92 Å². The van der Waals surface area contributed by atoms with Gasteiger partial charge in [-0.2, -0.15) is 0 Å². The van der Waals surface area contributed by atoms with Crippen LogP contribution in [0.5, 0.6) is 0 Å². The zero-order chi connectivity index (χ0) is 10.8. The largest absolute Gasteiger partial charge is 0.353 e. The lowest BCUT2D eigenvalue weighted by Crippen LogP contribution is -2.24. The Morgan fingerprint density at radius 2 is 2.00 bits per heavy atom.